The Morgan fingerprint density at radius 1 is 1.00 bits per heavy atom. The van der Waals surface area contributed by atoms with Crippen LogP contribution in [0.1, 0.15) is 15.9 Å². The summed E-state index contributed by atoms with van der Waals surface area (Å²) < 4.78 is 6.50. The molecule has 3 heteroatoms. The summed E-state index contributed by atoms with van der Waals surface area (Å²) in [6.45, 7) is 0. The van der Waals surface area contributed by atoms with Gasteiger partial charge in [0.05, 0.1) is 0 Å². The van der Waals surface area contributed by atoms with Crippen molar-refractivity contribution in [2.75, 3.05) is 0 Å². The van der Waals surface area contributed by atoms with Gasteiger partial charge in [0.1, 0.15) is 0 Å². The second kappa shape index (κ2) is 6.77. The van der Waals surface area contributed by atoms with Gasteiger partial charge in [0.25, 0.3) is 0 Å². The Balaban J connectivity index is 2.04. The fourth-order valence-corrected chi connectivity index (χ4v) is 4.45. The number of hydrogen-bond acceptors (Lipinski definition) is 2. The molecule has 2 aromatic carbocycles. The Bertz CT molecular complexity index is 532. The maximum atomic E-state index is 11.9. The van der Waals surface area contributed by atoms with Gasteiger partial charge in [-0.3, -0.25) is 0 Å². The van der Waals surface area contributed by atoms with Crippen molar-refractivity contribution in [2.24, 2.45) is 0 Å². The molecule has 0 atom stereocenters. The van der Waals surface area contributed by atoms with Gasteiger partial charge in [-0.05, 0) is 0 Å². The average molecular weight is 363 g/mol. The van der Waals surface area contributed by atoms with E-state index in [4.69, 9.17) is 4.74 Å². The molecule has 0 amide bonds. The molecule has 0 unspecified atom stereocenters. The maximum absolute atomic E-state index is 11.9. The number of hydrogen-bond donors (Lipinski definition) is 0. The average Bonchev–Trinajstić information content (AvgIpc) is 2.40. The molecule has 0 spiro atoms. The predicted molar refractivity (Wildman–Crippen MR) is 79.0 cm³/mol. The zero-order valence-electron chi connectivity index (χ0n) is 11.2. The molecular weight excluding hydrogens is 346 g/mol. The third kappa shape index (κ3) is 4.40. The van der Waals surface area contributed by atoms with Crippen molar-refractivity contribution < 1.29 is 9.53 Å². The first kappa shape index (κ1) is 14.1. The monoisotopic (exact) mass is 362 g/mol. The van der Waals surface area contributed by atoms with E-state index in [2.05, 4.69) is 9.74 Å². The molecule has 0 bridgehead atoms. The van der Waals surface area contributed by atoms with E-state index >= 15 is 0 Å². The molecule has 0 saturated carbocycles. The topological polar surface area (TPSA) is 26.3 Å². The molecule has 0 saturated heterocycles. The van der Waals surface area contributed by atoms with E-state index in [1.165, 1.54) is 9.93 Å². The van der Waals surface area contributed by atoms with Crippen LogP contribution in [0.3, 0.4) is 0 Å². The summed E-state index contributed by atoms with van der Waals surface area (Å²) >= 11 is -1.00. The van der Waals surface area contributed by atoms with Crippen LogP contribution >= 0.6 is 0 Å². The third-order valence-electron chi connectivity index (χ3n) is 2.64. The number of carbonyl (C=O) groups excluding carboxylic acids is 1. The van der Waals surface area contributed by atoms with E-state index in [-0.39, 0.29) is 5.97 Å². The van der Waals surface area contributed by atoms with Crippen molar-refractivity contribution in [3.63, 3.8) is 0 Å². The van der Waals surface area contributed by atoms with Gasteiger partial charge in [-0.1, -0.05) is 0 Å². The van der Waals surface area contributed by atoms with E-state index in [9.17, 15) is 4.79 Å². The fraction of sp³-hybridized carbons (Fsp3) is 0.188. The van der Waals surface area contributed by atoms with Crippen LogP contribution in [0, 0.1) is 0 Å². The van der Waals surface area contributed by atoms with Crippen LogP contribution in [-0.2, 0) is 4.37 Å². The fourth-order valence-electron chi connectivity index (χ4n) is 1.77. The molecule has 0 aliphatic rings. The molecule has 0 aliphatic carbocycles. The minimum atomic E-state index is -1.00. The molecular formula is C16H17O2Sb. The molecule has 2 aromatic rings. The van der Waals surface area contributed by atoms with E-state index in [1.807, 2.05) is 42.5 Å². The second-order valence-electron chi connectivity index (χ2n) is 4.64. The van der Waals surface area contributed by atoms with Gasteiger partial charge in [-0.2, -0.15) is 0 Å². The third-order valence-corrected chi connectivity index (χ3v) is 5.49. The summed E-state index contributed by atoms with van der Waals surface area (Å²) in [5.41, 5.74) is 1.92. The van der Waals surface area contributed by atoms with E-state index in [0.717, 1.165) is 0 Å². The van der Waals surface area contributed by atoms with Gasteiger partial charge in [0, 0.05) is 0 Å². The Hall–Kier alpha value is -1.27. The molecule has 2 nitrogen and oxygen atoms in total. The second-order valence-corrected chi connectivity index (χ2v) is 11.7. The van der Waals surface area contributed by atoms with Crippen LogP contribution in [0.25, 0.3) is 0 Å². The zero-order valence-corrected chi connectivity index (χ0v) is 13.7. The quantitative estimate of drug-likeness (QED) is 0.470. The van der Waals surface area contributed by atoms with Crippen molar-refractivity contribution in [2.45, 2.75) is 14.1 Å². The Kier molecular flexibility index (Phi) is 5.04. The molecule has 0 aromatic heterocycles. The van der Waals surface area contributed by atoms with Crippen LogP contribution in [-0.4, -0.2) is 26.2 Å². The van der Waals surface area contributed by atoms with Crippen LogP contribution < -0.4 is 4.74 Å². The molecule has 0 aliphatic heterocycles. The SMILES string of the molecule is [CH3][Sb]([CH3])[CH2]c1ccc(C(=O)Oc2ccccc2)cc1. The first-order valence-corrected chi connectivity index (χ1v) is 13.1. The van der Waals surface area contributed by atoms with Crippen LogP contribution in [0.2, 0.25) is 9.74 Å². The summed E-state index contributed by atoms with van der Waals surface area (Å²) in [4.78, 5) is 16.7. The van der Waals surface area contributed by atoms with Crippen molar-refractivity contribution in [3.8, 4) is 5.75 Å². The van der Waals surface area contributed by atoms with E-state index in [0.29, 0.717) is 11.3 Å². The number of carbonyl (C=O) groups is 1. The Labute approximate surface area is 121 Å². The van der Waals surface area contributed by atoms with E-state index < -0.39 is 20.2 Å². The zero-order chi connectivity index (χ0) is 13.7. The van der Waals surface area contributed by atoms with Gasteiger partial charge in [-0.15, -0.1) is 0 Å². The van der Waals surface area contributed by atoms with Crippen molar-refractivity contribution >= 4 is 26.2 Å². The standard InChI is InChI=1S/C14H11O2.2CH3.Sb/c1-11-7-9-12(10-8-11)14(15)16-13-5-3-2-4-6-13;;;/h2-10H,1H2;2*1H3;. The van der Waals surface area contributed by atoms with Crippen LogP contribution in [0.15, 0.2) is 54.6 Å². The number of rotatable bonds is 4. The Morgan fingerprint density at radius 3 is 2.21 bits per heavy atom. The molecule has 0 fully saturated rings. The molecule has 0 radical (unpaired) electrons. The van der Waals surface area contributed by atoms with Crippen LogP contribution in [0.5, 0.6) is 5.75 Å². The van der Waals surface area contributed by atoms with E-state index in [1.54, 1.807) is 12.1 Å². The predicted octanol–water partition coefficient (Wildman–Crippen LogP) is 3.74. The van der Waals surface area contributed by atoms with Crippen LogP contribution in [0.4, 0.5) is 0 Å². The summed E-state index contributed by atoms with van der Waals surface area (Å²) in [5.74, 6) is 0.275. The molecule has 2 rings (SSSR count). The van der Waals surface area contributed by atoms with Gasteiger partial charge in [0.2, 0.25) is 0 Å². The number of benzene rings is 2. The molecule has 98 valence electrons. The summed E-state index contributed by atoms with van der Waals surface area (Å²) in [6.07, 6.45) is 0. The van der Waals surface area contributed by atoms with Crippen molar-refractivity contribution in [3.05, 3.63) is 65.7 Å². The molecule has 19 heavy (non-hydrogen) atoms. The van der Waals surface area contributed by atoms with Gasteiger partial charge < -0.3 is 0 Å². The normalized spacial score (nSPS) is 10.5. The first-order chi connectivity index (χ1) is 9.15. The van der Waals surface area contributed by atoms with Gasteiger partial charge >= 0.3 is 121 Å². The first-order valence-electron chi connectivity index (χ1n) is 6.16. The minimum absolute atomic E-state index is 0.302. The Morgan fingerprint density at radius 2 is 1.63 bits per heavy atom. The molecule has 0 N–H and O–H groups in total. The summed E-state index contributed by atoms with van der Waals surface area (Å²) in [5, 5.41) is 0. The molecule has 0 heterocycles. The van der Waals surface area contributed by atoms with Gasteiger partial charge in [0.15, 0.2) is 0 Å². The number of ether oxygens (including phenoxy) is 1. The van der Waals surface area contributed by atoms with Gasteiger partial charge in [-0.25, -0.2) is 0 Å². The number of esters is 1. The summed E-state index contributed by atoms with van der Waals surface area (Å²) in [6, 6.07) is 16.9. The number of para-hydroxylation sites is 1. The van der Waals surface area contributed by atoms with Crippen molar-refractivity contribution in [1.29, 1.82) is 0 Å². The van der Waals surface area contributed by atoms with Crippen molar-refractivity contribution in [1.82, 2.24) is 0 Å². The summed E-state index contributed by atoms with van der Waals surface area (Å²) in [7, 11) is 0.